The smallest absolute Gasteiger partial charge is 0.174 e. The number of aryl methyl sites for hydroxylation is 1. The average Bonchev–Trinajstić information content (AvgIpc) is 3.32. The summed E-state index contributed by atoms with van der Waals surface area (Å²) in [7, 11) is 1.63. The molecule has 9 heteroatoms. The number of piperidine rings is 1. The van der Waals surface area contributed by atoms with E-state index < -0.39 is 23.8 Å². The Morgan fingerprint density at radius 3 is 2.64 bits per heavy atom. The Morgan fingerprint density at radius 2 is 1.97 bits per heavy atom. The van der Waals surface area contributed by atoms with Gasteiger partial charge in [-0.05, 0) is 73.7 Å². The number of aliphatic hydroxyl groups is 1. The van der Waals surface area contributed by atoms with Crippen LogP contribution in [0.2, 0.25) is 0 Å². The molecule has 3 heterocycles. The van der Waals surface area contributed by atoms with Crippen molar-refractivity contribution in [3.05, 3.63) is 82.4 Å². The van der Waals surface area contributed by atoms with E-state index in [2.05, 4.69) is 10.1 Å². The molecule has 2 aliphatic heterocycles. The van der Waals surface area contributed by atoms with Gasteiger partial charge in [0.05, 0.1) is 37.5 Å². The van der Waals surface area contributed by atoms with Gasteiger partial charge in [0.1, 0.15) is 17.4 Å². The highest BCUT2D eigenvalue weighted by atomic mass is 19.1. The van der Waals surface area contributed by atoms with E-state index in [1.54, 1.807) is 13.4 Å². The van der Waals surface area contributed by atoms with Gasteiger partial charge in [0.15, 0.2) is 11.9 Å². The van der Waals surface area contributed by atoms with Crippen molar-refractivity contribution in [2.75, 3.05) is 20.3 Å². The summed E-state index contributed by atoms with van der Waals surface area (Å²) in [6.07, 6.45) is 6.53. The molecule has 5 rings (SSSR count). The summed E-state index contributed by atoms with van der Waals surface area (Å²) in [4.78, 5) is 11.9. The summed E-state index contributed by atoms with van der Waals surface area (Å²) in [5, 5.41) is 14.3. The van der Waals surface area contributed by atoms with Crippen LogP contribution in [-0.2, 0) is 4.84 Å². The third-order valence-corrected chi connectivity index (χ3v) is 6.73. The molecule has 3 aromatic rings. The SMILES string of the molecule is COc1cc(/C=C2\CCCN3C2=NOC(CO)[C@@H]3c2cc(F)c(C)c(F)c2)ccc1-n1cnc(C)c1. The molecule has 1 unspecified atom stereocenters. The minimum Gasteiger partial charge on any atom is -0.495 e. The summed E-state index contributed by atoms with van der Waals surface area (Å²) in [5.41, 5.74) is 4.00. The Kier molecular flexibility index (Phi) is 6.49. The van der Waals surface area contributed by atoms with Crippen LogP contribution in [0.3, 0.4) is 0 Å². The Morgan fingerprint density at radius 1 is 1.19 bits per heavy atom. The molecule has 1 saturated heterocycles. The molecule has 0 radical (unpaired) electrons. The van der Waals surface area contributed by atoms with E-state index in [0.29, 0.717) is 23.7 Å². The molecule has 1 N–H and O–H groups in total. The molecular formula is C27H28F2N4O3. The third-order valence-electron chi connectivity index (χ3n) is 6.73. The lowest BCUT2D eigenvalue weighted by molar-refractivity contribution is -0.0497. The van der Waals surface area contributed by atoms with Crippen LogP contribution in [0.5, 0.6) is 5.75 Å². The number of ether oxygens (including phenoxy) is 1. The van der Waals surface area contributed by atoms with Crippen LogP contribution >= 0.6 is 0 Å². The second-order valence-electron chi connectivity index (χ2n) is 9.12. The van der Waals surface area contributed by atoms with Crippen molar-refractivity contribution >= 4 is 11.9 Å². The molecule has 1 aromatic heterocycles. The fourth-order valence-electron chi connectivity index (χ4n) is 4.85. The first-order valence-electron chi connectivity index (χ1n) is 11.9. The Hall–Kier alpha value is -3.72. The van der Waals surface area contributed by atoms with E-state index in [1.165, 1.54) is 19.1 Å². The lowest BCUT2D eigenvalue weighted by Gasteiger charge is -2.43. The van der Waals surface area contributed by atoms with Crippen LogP contribution in [0, 0.1) is 25.5 Å². The number of aromatic nitrogens is 2. The molecule has 2 aliphatic rings. The minimum absolute atomic E-state index is 0.0348. The number of fused-ring (bicyclic) bond motifs is 1. The van der Waals surface area contributed by atoms with Gasteiger partial charge in [-0.25, -0.2) is 13.8 Å². The zero-order chi connectivity index (χ0) is 25.4. The zero-order valence-corrected chi connectivity index (χ0v) is 20.4. The molecule has 0 amide bonds. The number of halogens is 2. The van der Waals surface area contributed by atoms with Crippen molar-refractivity contribution < 1.29 is 23.5 Å². The minimum atomic E-state index is -0.743. The Labute approximate surface area is 208 Å². The lowest BCUT2D eigenvalue weighted by atomic mass is 9.92. The largest absolute Gasteiger partial charge is 0.495 e. The molecule has 188 valence electrons. The van der Waals surface area contributed by atoms with Crippen molar-refractivity contribution in [2.24, 2.45) is 5.16 Å². The number of oxime groups is 1. The third kappa shape index (κ3) is 4.35. The number of rotatable bonds is 5. The number of imidazole rings is 1. The van der Waals surface area contributed by atoms with Gasteiger partial charge < -0.3 is 24.1 Å². The number of hydrogen-bond donors (Lipinski definition) is 1. The second-order valence-corrected chi connectivity index (χ2v) is 9.12. The van der Waals surface area contributed by atoms with Crippen LogP contribution in [0.4, 0.5) is 8.78 Å². The van der Waals surface area contributed by atoms with Gasteiger partial charge in [0.2, 0.25) is 0 Å². The maximum absolute atomic E-state index is 14.4. The van der Waals surface area contributed by atoms with E-state index in [-0.39, 0.29) is 12.2 Å². The average molecular weight is 495 g/mol. The normalized spacial score (nSPS) is 20.7. The first-order valence-corrected chi connectivity index (χ1v) is 11.9. The number of nitrogens with zero attached hydrogens (tertiary/aromatic N) is 4. The summed E-state index contributed by atoms with van der Waals surface area (Å²) in [6.45, 7) is 3.62. The zero-order valence-electron chi connectivity index (χ0n) is 20.4. The molecule has 0 saturated carbocycles. The standard InChI is InChI=1S/C27H28F2N4O3/c1-16-13-32(15-30-16)23-7-6-18(10-24(23)35-3)9-19-5-4-8-33-26(25(14-34)36-31-27(19)33)20-11-21(28)17(2)22(29)12-20/h6-7,9-13,15,25-26,34H,4-5,8,14H2,1-3H3/b19-9+/t25?,26-/m0/s1. The molecule has 2 atom stereocenters. The Balaban J connectivity index is 1.50. The van der Waals surface area contributed by atoms with Crippen LogP contribution in [0.25, 0.3) is 11.8 Å². The first-order chi connectivity index (χ1) is 17.4. The van der Waals surface area contributed by atoms with Crippen molar-refractivity contribution in [2.45, 2.75) is 38.8 Å². The predicted octanol–water partition coefficient (Wildman–Crippen LogP) is 4.70. The fourth-order valence-corrected chi connectivity index (χ4v) is 4.85. The lowest BCUT2D eigenvalue weighted by Crippen LogP contribution is -2.49. The van der Waals surface area contributed by atoms with Gasteiger partial charge in [-0.15, -0.1) is 0 Å². The van der Waals surface area contributed by atoms with Gasteiger partial charge in [-0.3, -0.25) is 0 Å². The van der Waals surface area contributed by atoms with Crippen LogP contribution in [0.15, 0.2) is 53.6 Å². The molecule has 0 aliphatic carbocycles. The van der Waals surface area contributed by atoms with Crippen molar-refractivity contribution in [1.29, 1.82) is 0 Å². The topological polar surface area (TPSA) is 72.1 Å². The summed E-state index contributed by atoms with van der Waals surface area (Å²) in [5.74, 6) is 0.0447. The van der Waals surface area contributed by atoms with Crippen LogP contribution < -0.4 is 4.74 Å². The highest BCUT2D eigenvalue weighted by Crippen LogP contribution is 2.37. The second kappa shape index (κ2) is 9.73. The molecule has 2 aromatic carbocycles. The van der Waals surface area contributed by atoms with Gasteiger partial charge in [0, 0.05) is 18.3 Å². The number of methoxy groups -OCH3 is 1. The molecular weight excluding hydrogens is 466 g/mol. The molecule has 1 fully saturated rings. The first kappa shape index (κ1) is 24.0. The number of amidine groups is 1. The van der Waals surface area contributed by atoms with E-state index in [4.69, 9.17) is 9.57 Å². The number of aliphatic hydroxyl groups excluding tert-OH is 1. The number of benzene rings is 2. The van der Waals surface area contributed by atoms with Crippen LogP contribution in [0.1, 0.15) is 41.3 Å². The van der Waals surface area contributed by atoms with Crippen LogP contribution in [-0.4, -0.2) is 51.8 Å². The summed E-state index contributed by atoms with van der Waals surface area (Å²) < 4.78 is 36.4. The monoisotopic (exact) mass is 494 g/mol. The molecule has 0 spiro atoms. The quantitative estimate of drug-likeness (QED) is 0.557. The Bertz CT molecular complexity index is 1330. The fraction of sp³-hybridized carbons (Fsp3) is 0.333. The van der Waals surface area contributed by atoms with Gasteiger partial charge in [-0.1, -0.05) is 11.2 Å². The molecule has 7 nitrogen and oxygen atoms in total. The maximum Gasteiger partial charge on any atom is 0.174 e. The molecule has 36 heavy (non-hydrogen) atoms. The van der Waals surface area contributed by atoms with Gasteiger partial charge in [0.25, 0.3) is 0 Å². The highest BCUT2D eigenvalue weighted by molar-refractivity contribution is 6.03. The van der Waals surface area contributed by atoms with Crippen molar-refractivity contribution in [1.82, 2.24) is 14.5 Å². The summed E-state index contributed by atoms with van der Waals surface area (Å²) >= 11 is 0. The number of hydrogen-bond acceptors (Lipinski definition) is 6. The summed E-state index contributed by atoms with van der Waals surface area (Å²) in [6, 6.07) is 7.96. The van der Waals surface area contributed by atoms with Crippen molar-refractivity contribution in [3.63, 3.8) is 0 Å². The maximum atomic E-state index is 14.4. The highest BCUT2D eigenvalue weighted by Gasteiger charge is 2.39. The van der Waals surface area contributed by atoms with Crippen molar-refractivity contribution in [3.8, 4) is 11.4 Å². The molecule has 0 bridgehead atoms. The van der Waals surface area contributed by atoms with E-state index in [1.807, 2.05) is 46.9 Å². The van der Waals surface area contributed by atoms with E-state index >= 15 is 0 Å². The van der Waals surface area contributed by atoms with E-state index in [9.17, 15) is 13.9 Å². The predicted molar refractivity (Wildman–Crippen MR) is 132 cm³/mol. The van der Waals surface area contributed by atoms with Gasteiger partial charge in [-0.2, -0.15) is 0 Å². The van der Waals surface area contributed by atoms with E-state index in [0.717, 1.165) is 35.4 Å². The van der Waals surface area contributed by atoms with Gasteiger partial charge >= 0.3 is 0 Å².